The van der Waals surface area contributed by atoms with Crippen molar-refractivity contribution in [2.45, 2.75) is 6.42 Å². The predicted molar refractivity (Wildman–Crippen MR) is 121 cm³/mol. The molecule has 31 heavy (non-hydrogen) atoms. The maximum Gasteiger partial charge on any atom is 0.224 e. The molecule has 0 unspecified atom stereocenters. The van der Waals surface area contributed by atoms with Crippen LogP contribution in [0.5, 0.6) is 0 Å². The van der Waals surface area contributed by atoms with Crippen molar-refractivity contribution in [3.63, 3.8) is 0 Å². The minimum atomic E-state index is 0.0660. The summed E-state index contributed by atoms with van der Waals surface area (Å²) in [5.74, 6) is 1.37. The standard InChI is InChI=1S/C24H24N6O/c1-29-16-19(20-4-2-3-5-22(20)29)12-24(31)26-13-17-14-30(15-17)23-7-6-21(27-28-23)18-8-10-25-11-9-18/h2-11,16-17H,12-15H2,1H3,(H,26,31). The van der Waals surface area contributed by atoms with Crippen LogP contribution in [-0.4, -0.2) is 45.3 Å². The summed E-state index contributed by atoms with van der Waals surface area (Å²) in [7, 11) is 2.01. The third-order valence-corrected chi connectivity index (χ3v) is 5.83. The molecule has 7 nitrogen and oxygen atoms in total. The van der Waals surface area contributed by atoms with Crippen molar-refractivity contribution in [2.75, 3.05) is 24.5 Å². The SMILES string of the molecule is Cn1cc(CC(=O)NCC2CN(c3ccc(-c4ccncc4)nn3)C2)c2ccccc21. The third-order valence-electron chi connectivity index (χ3n) is 5.83. The highest BCUT2D eigenvalue weighted by molar-refractivity contribution is 5.89. The quantitative estimate of drug-likeness (QED) is 0.527. The first kappa shape index (κ1) is 19.2. The molecule has 0 spiro atoms. The molecule has 1 aliphatic rings. The van der Waals surface area contributed by atoms with Gasteiger partial charge in [-0.05, 0) is 35.9 Å². The van der Waals surface area contributed by atoms with Crippen molar-refractivity contribution in [3.8, 4) is 11.3 Å². The summed E-state index contributed by atoms with van der Waals surface area (Å²) in [6, 6.07) is 16.0. The van der Waals surface area contributed by atoms with E-state index in [1.807, 2.05) is 49.6 Å². The Balaban J connectivity index is 1.11. The van der Waals surface area contributed by atoms with Crippen LogP contribution in [0.2, 0.25) is 0 Å². The first-order valence-electron chi connectivity index (χ1n) is 10.5. The van der Waals surface area contributed by atoms with Gasteiger partial charge in [-0.3, -0.25) is 9.78 Å². The molecule has 4 heterocycles. The minimum absolute atomic E-state index is 0.0660. The van der Waals surface area contributed by atoms with Gasteiger partial charge in [0.1, 0.15) is 0 Å². The minimum Gasteiger partial charge on any atom is -0.355 e. The van der Waals surface area contributed by atoms with Crippen LogP contribution in [0.1, 0.15) is 5.56 Å². The van der Waals surface area contributed by atoms with E-state index in [4.69, 9.17) is 0 Å². The van der Waals surface area contributed by atoms with Gasteiger partial charge in [-0.25, -0.2) is 0 Å². The molecule has 1 amide bonds. The van der Waals surface area contributed by atoms with Crippen LogP contribution < -0.4 is 10.2 Å². The predicted octanol–water partition coefficient (Wildman–Crippen LogP) is 2.83. The molecule has 0 aliphatic carbocycles. The first-order valence-corrected chi connectivity index (χ1v) is 10.5. The zero-order chi connectivity index (χ0) is 21.2. The van der Waals surface area contributed by atoms with Crippen LogP contribution in [0.25, 0.3) is 22.2 Å². The second-order valence-corrected chi connectivity index (χ2v) is 8.05. The summed E-state index contributed by atoms with van der Waals surface area (Å²) < 4.78 is 2.07. The number of rotatable bonds is 6. The Morgan fingerprint density at radius 3 is 2.65 bits per heavy atom. The lowest BCUT2D eigenvalue weighted by Gasteiger charge is -2.39. The van der Waals surface area contributed by atoms with Crippen molar-refractivity contribution in [1.82, 2.24) is 25.1 Å². The summed E-state index contributed by atoms with van der Waals surface area (Å²) in [6.45, 7) is 2.43. The number of nitrogens with zero attached hydrogens (tertiary/aromatic N) is 5. The molecule has 1 aromatic carbocycles. The van der Waals surface area contributed by atoms with Crippen LogP contribution in [0.3, 0.4) is 0 Å². The summed E-state index contributed by atoms with van der Waals surface area (Å²) in [5.41, 5.74) is 4.06. The van der Waals surface area contributed by atoms with E-state index in [-0.39, 0.29) is 5.91 Å². The number of nitrogens with one attached hydrogen (secondary N) is 1. The van der Waals surface area contributed by atoms with E-state index >= 15 is 0 Å². The van der Waals surface area contributed by atoms with Gasteiger partial charge < -0.3 is 14.8 Å². The molecule has 1 aliphatic heterocycles. The van der Waals surface area contributed by atoms with Gasteiger partial charge in [0, 0.05) is 67.7 Å². The highest BCUT2D eigenvalue weighted by atomic mass is 16.1. The number of aromatic nitrogens is 4. The van der Waals surface area contributed by atoms with E-state index in [0.717, 1.165) is 46.6 Å². The lowest BCUT2D eigenvalue weighted by atomic mass is 10.00. The largest absolute Gasteiger partial charge is 0.355 e. The number of hydrogen-bond acceptors (Lipinski definition) is 5. The van der Waals surface area contributed by atoms with Crippen molar-refractivity contribution in [3.05, 3.63) is 72.7 Å². The van der Waals surface area contributed by atoms with Crippen LogP contribution in [0.4, 0.5) is 5.82 Å². The van der Waals surface area contributed by atoms with Crippen molar-refractivity contribution < 1.29 is 4.79 Å². The third kappa shape index (κ3) is 3.99. The van der Waals surface area contributed by atoms with Gasteiger partial charge in [0.05, 0.1) is 12.1 Å². The van der Waals surface area contributed by atoms with Gasteiger partial charge in [0.25, 0.3) is 0 Å². The molecular weight excluding hydrogens is 388 g/mol. The fraction of sp³-hybridized carbons (Fsp3) is 0.250. The summed E-state index contributed by atoms with van der Waals surface area (Å²) in [6.07, 6.45) is 5.95. The Kier molecular flexibility index (Phi) is 5.08. The van der Waals surface area contributed by atoms with E-state index < -0.39 is 0 Å². The monoisotopic (exact) mass is 412 g/mol. The summed E-state index contributed by atoms with van der Waals surface area (Å²) in [5, 5.41) is 12.9. The Morgan fingerprint density at radius 2 is 1.87 bits per heavy atom. The van der Waals surface area contributed by atoms with Gasteiger partial charge >= 0.3 is 0 Å². The zero-order valence-electron chi connectivity index (χ0n) is 17.4. The normalized spacial score (nSPS) is 13.9. The Labute approximate surface area is 180 Å². The molecule has 156 valence electrons. The first-order chi connectivity index (χ1) is 15.2. The zero-order valence-corrected chi connectivity index (χ0v) is 17.4. The molecule has 1 fully saturated rings. The smallest absolute Gasteiger partial charge is 0.224 e. The van der Waals surface area contributed by atoms with Crippen LogP contribution in [0.15, 0.2) is 67.1 Å². The van der Waals surface area contributed by atoms with Crippen LogP contribution in [-0.2, 0) is 18.3 Å². The van der Waals surface area contributed by atoms with Gasteiger partial charge in [0.15, 0.2) is 5.82 Å². The topological polar surface area (TPSA) is 75.9 Å². The molecule has 0 atom stereocenters. The second-order valence-electron chi connectivity index (χ2n) is 8.05. The number of benzene rings is 1. The van der Waals surface area contributed by atoms with Gasteiger partial charge in [-0.15, -0.1) is 10.2 Å². The van der Waals surface area contributed by atoms with Crippen molar-refractivity contribution in [1.29, 1.82) is 0 Å². The highest BCUT2D eigenvalue weighted by Crippen LogP contribution is 2.24. The molecule has 0 radical (unpaired) electrons. The van der Waals surface area contributed by atoms with Crippen molar-refractivity contribution >= 4 is 22.6 Å². The van der Waals surface area contributed by atoms with E-state index in [2.05, 4.69) is 42.1 Å². The maximum absolute atomic E-state index is 12.5. The number of carbonyl (C=O) groups excluding carboxylic acids is 1. The van der Waals surface area contributed by atoms with E-state index in [1.54, 1.807) is 12.4 Å². The molecule has 5 rings (SSSR count). The Bertz CT molecular complexity index is 1200. The molecular formula is C24H24N6O. The average molecular weight is 412 g/mol. The van der Waals surface area contributed by atoms with E-state index in [1.165, 1.54) is 0 Å². The van der Waals surface area contributed by atoms with E-state index in [0.29, 0.717) is 18.9 Å². The van der Waals surface area contributed by atoms with E-state index in [9.17, 15) is 4.79 Å². The average Bonchev–Trinajstić information content (AvgIpc) is 3.09. The summed E-state index contributed by atoms with van der Waals surface area (Å²) >= 11 is 0. The molecule has 0 bridgehead atoms. The molecule has 1 N–H and O–H groups in total. The fourth-order valence-electron chi connectivity index (χ4n) is 4.12. The number of para-hydroxylation sites is 1. The number of hydrogen-bond donors (Lipinski definition) is 1. The maximum atomic E-state index is 12.5. The van der Waals surface area contributed by atoms with Gasteiger partial charge in [0.2, 0.25) is 5.91 Å². The van der Waals surface area contributed by atoms with Crippen LogP contribution in [0, 0.1) is 5.92 Å². The summed E-state index contributed by atoms with van der Waals surface area (Å²) in [4.78, 5) is 18.7. The Morgan fingerprint density at radius 1 is 1.06 bits per heavy atom. The van der Waals surface area contributed by atoms with Crippen LogP contribution >= 0.6 is 0 Å². The number of carbonyl (C=O) groups is 1. The number of aryl methyl sites for hydroxylation is 1. The fourth-order valence-corrected chi connectivity index (χ4v) is 4.12. The lowest BCUT2D eigenvalue weighted by molar-refractivity contribution is -0.120. The van der Waals surface area contributed by atoms with Gasteiger partial charge in [-0.1, -0.05) is 18.2 Å². The highest BCUT2D eigenvalue weighted by Gasteiger charge is 2.28. The Hall–Kier alpha value is -3.74. The molecule has 4 aromatic rings. The number of pyridine rings is 1. The molecule has 1 saturated heterocycles. The molecule has 0 saturated carbocycles. The van der Waals surface area contributed by atoms with Gasteiger partial charge in [-0.2, -0.15) is 0 Å². The number of amides is 1. The number of fused-ring (bicyclic) bond motifs is 1. The second kappa shape index (κ2) is 8.18. The lowest BCUT2D eigenvalue weighted by Crippen LogP contribution is -2.52. The molecule has 7 heteroatoms. The van der Waals surface area contributed by atoms with Crippen molar-refractivity contribution in [2.24, 2.45) is 13.0 Å². The molecule has 3 aromatic heterocycles. The number of anilines is 1.